The molecule has 4 rings (SSSR count). The molecule has 10 heteroatoms. The number of aryl methyl sites for hydroxylation is 2. The molecule has 0 spiro atoms. The number of hydrogen-bond donors (Lipinski definition) is 1. The van der Waals surface area contributed by atoms with Crippen molar-refractivity contribution in [1.82, 2.24) is 25.5 Å². The summed E-state index contributed by atoms with van der Waals surface area (Å²) in [7, 11) is 1.56. The third kappa shape index (κ3) is 3.73. The Labute approximate surface area is 180 Å². The molecule has 0 unspecified atom stereocenters. The molecule has 0 radical (unpaired) electrons. The molecule has 2 amide bonds. The maximum atomic E-state index is 12.9. The molecule has 2 fully saturated rings. The summed E-state index contributed by atoms with van der Waals surface area (Å²) >= 11 is 0. The second-order valence-electron chi connectivity index (χ2n) is 8.98. The molecule has 168 valence electrons. The van der Waals surface area contributed by atoms with E-state index in [2.05, 4.69) is 20.6 Å². The van der Waals surface area contributed by atoms with Gasteiger partial charge in [-0.3, -0.25) is 9.59 Å². The maximum Gasteiger partial charge on any atom is 0.274 e. The largest absolute Gasteiger partial charge is 0.380 e. The first-order valence-corrected chi connectivity index (χ1v) is 10.6. The SMILES string of the molecule is COCc1c(C(=O)N[C@@H]2C[C@H]3CN(C(=O)C(C)C)C[C@@]3(c3nc(C)no3)C2)noc1C. The second kappa shape index (κ2) is 8.07. The predicted octanol–water partition coefficient (Wildman–Crippen LogP) is 1.77. The van der Waals surface area contributed by atoms with Gasteiger partial charge in [-0.2, -0.15) is 4.98 Å². The molecular weight excluding hydrogens is 402 g/mol. The zero-order valence-corrected chi connectivity index (χ0v) is 18.6. The van der Waals surface area contributed by atoms with E-state index in [9.17, 15) is 9.59 Å². The molecule has 1 aliphatic heterocycles. The minimum absolute atomic E-state index is 0.0783. The minimum Gasteiger partial charge on any atom is -0.380 e. The number of amides is 2. The molecule has 1 saturated heterocycles. The van der Waals surface area contributed by atoms with Crippen LogP contribution >= 0.6 is 0 Å². The first-order valence-electron chi connectivity index (χ1n) is 10.6. The predicted molar refractivity (Wildman–Crippen MR) is 108 cm³/mol. The van der Waals surface area contributed by atoms with Crippen molar-refractivity contribution < 1.29 is 23.4 Å². The van der Waals surface area contributed by atoms with Crippen LogP contribution in [0.1, 0.15) is 60.2 Å². The standard InChI is InChI=1S/C21H29N5O5/c1-11(2)19(28)26-8-14-6-15(7-21(14,10-26)20-22-13(4)24-31-20)23-18(27)17-16(9-29-5)12(3)30-25-17/h11,14-15H,6-10H2,1-5H3,(H,23,27)/t14-,15+,21-/m0/s1. The summed E-state index contributed by atoms with van der Waals surface area (Å²) < 4.78 is 15.9. The lowest BCUT2D eigenvalue weighted by atomic mass is 9.80. The van der Waals surface area contributed by atoms with Crippen LogP contribution < -0.4 is 5.32 Å². The fraction of sp³-hybridized carbons (Fsp3) is 0.667. The highest BCUT2D eigenvalue weighted by Gasteiger charge is 2.58. The number of hydrogen-bond acceptors (Lipinski definition) is 8. The van der Waals surface area contributed by atoms with Crippen LogP contribution in [0.5, 0.6) is 0 Å². The number of likely N-dealkylation sites (tertiary alicyclic amines) is 1. The molecule has 2 aromatic heterocycles. The number of ether oxygens (including phenoxy) is 1. The van der Waals surface area contributed by atoms with E-state index < -0.39 is 5.41 Å². The quantitative estimate of drug-likeness (QED) is 0.734. The average molecular weight is 431 g/mol. The van der Waals surface area contributed by atoms with E-state index >= 15 is 0 Å². The summed E-state index contributed by atoms with van der Waals surface area (Å²) in [4.78, 5) is 32.0. The molecule has 1 aliphatic carbocycles. The molecule has 0 aromatic carbocycles. The normalized spacial score (nSPS) is 25.3. The number of methoxy groups -OCH3 is 1. The molecule has 0 bridgehead atoms. The zero-order valence-electron chi connectivity index (χ0n) is 18.6. The van der Waals surface area contributed by atoms with Gasteiger partial charge in [-0.1, -0.05) is 24.2 Å². The van der Waals surface area contributed by atoms with E-state index in [4.69, 9.17) is 13.8 Å². The summed E-state index contributed by atoms with van der Waals surface area (Å²) in [6, 6.07) is -0.103. The number of carbonyl (C=O) groups excluding carboxylic acids is 2. The first-order chi connectivity index (χ1) is 14.7. The molecule has 31 heavy (non-hydrogen) atoms. The minimum atomic E-state index is -0.459. The molecule has 10 nitrogen and oxygen atoms in total. The molecule has 2 aliphatic rings. The monoisotopic (exact) mass is 431 g/mol. The highest BCUT2D eigenvalue weighted by atomic mass is 16.5. The third-order valence-corrected chi connectivity index (χ3v) is 6.46. The van der Waals surface area contributed by atoms with Gasteiger partial charge in [0.1, 0.15) is 5.76 Å². The lowest BCUT2D eigenvalue weighted by Crippen LogP contribution is -2.40. The van der Waals surface area contributed by atoms with Gasteiger partial charge in [-0.05, 0) is 32.6 Å². The first kappa shape index (κ1) is 21.5. The molecule has 3 heterocycles. The van der Waals surface area contributed by atoms with Crippen LogP contribution in [0, 0.1) is 25.7 Å². The van der Waals surface area contributed by atoms with Gasteiger partial charge in [0.05, 0.1) is 17.6 Å². The third-order valence-electron chi connectivity index (χ3n) is 6.46. The Hall–Kier alpha value is -2.75. The van der Waals surface area contributed by atoms with Crippen LogP contribution in [0.2, 0.25) is 0 Å². The van der Waals surface area contributed by atoms with E-state index in [-0.39, 0.29) is 42.0 Å². The molecule has 1 N–H and O–H groups in total. The van der Waals surface area contributed by atoms with Crippen molar-refractivity contribution in [1.29, 1.82) is 0 Å². The topological polar surface area (TPSA) is 124 Å². The number of nitrogens with one attached hydrogen (secondary N) is 1. The van der Waals surface area contributed by atoms with Crippen molar-refractivity contribution in [2.45, 2.75) is 58.6 Å². The van der Waals surface area contributed by atoms with Crippen molar-refractivity contribution in [3.8, 4) is 0 Å². The summed E-state index contributed by atoms with van der Waals surface area (Å²) in [5.41, 5.74) is 0.434. The van der Waals surface area contributed by atoms with Gasteiger partial charge in [0.25, 0.3) is 5.91 Å². The van der Waals surface area contributed by atoms with Crippen molar-refractivity contribution in [3.63, 3.8) is 0 Å². The Morgan fingerprint density at radius 2 is 2.06 bits per heavy atom. The van der Waals surface area contributed by atoms with E-state index in [0.717, 1.165) is 0 Å². The average Bonchev–Trinajstić information content (AvgIpc) is 3.45. The van der Waals surface area contributed by atoms with Crippen LogP contribution in [0.25, 0.3) is 0 Å². The lowest BCUT2D eigenvalue weighted by Gasteiger charge is -2.26. The van der Waals surface area contributed by atoms with Gasteiger partial charge in [0.15, 0.2) is 11.5 Å². The fourth-order valence-electron chi connectivity index (χ4n) is 4.98. The second-order valence-corrected chi connectivity index (χ2v) is 8.98. The van der Waals surface area contributed by atoms with Crippen LogP contribution in [0.15, 0.2) is 9.05 Å². The Balaban J connectivity index is 1.55. The van der Waals surface area contributed by atoms with Crippen LogP contribution in [-0.4, -0.2) is 58.3 Å². The van der Waals surface area contributed by atoms with Gasteiger partial charge in [-0.25, -0.2) is 0 Å². The van der Waals surface area contributed by atoms with Gasteiger partial charge in [0, 0.05) is 32.2 Å². The van der Waals surface area contributed by atoms with E-state index in [1.54, 1.807) is 21.0 Å². The summed E-state index contributed by atoms with van der Waals surface area (Å²) in [6.07, 6.45) is 1.33. The van der Waals surface area contributed by atoms with Crippen LogP contribution in [0.3, 0.4) is 0 Å². The molecule has 1 saturated carbocycles. The number of carbonyl (C=O) groups is 2. The smallest absolute Gasteiger partial charge is 0.274 e. The van der Waals surface area contributed by atoms with Crippen molar-refractivity contribution in [3.05, 3.63) is 28.7 Å². The number of rotatable bonds is 6. The van der Waals surface area contributed by atoms with Crippen molar-refractivity contribution in [2.24, 2.45) is 11.8 Å². The Morgan fingerprint density at radius 1 is 1.29 bits per heavy atom. The highest BCUT2D eigenvalue weighted by Crippen LogP contribution is 2.50. The lowest BCUT2D eigenvalue weighted by molar-refractivity contribution is -0.133. The maximum absolute atomic E-state index is 12.9. The van der Waals surface area contributed by atoms with Gasteiger partial charge in [0.2, 0.25) is 11.8 Å². The Morgan fingerprint density at radius 3 is 2.71 bits per heavy atom. The number of nitrogens with zero attached hydrogens (tertiary/aromatic N) is 4. The van der Waals surface area contributed by atoms with Gasteiger partial charge < -0.3 is 24.0 Å². The number of fused-ring (bicyclic) bond motifs is 1. The van der Waals surface area contributed by atoms with Gasteiger partial charge in [-0.15, -0.1) is 0 Å². The van der Waals surface area contributed by atoms with Gasteiger partial charge >= 0.3 is 0 Å². The molecule has 2 aromatic rings. The van der Waals surface area contributed by atoms with Crippen LogP contribution in [0.4, 0.5) is 0 Å². The molecule has 3 atom stereocenters. The Bertz CT molecular complexity index is 983. The van der Waals surface area contributed by atoms with E-state index in [1.807, 2.05) is 18.7 Å². The van der Waals surface area contributed by atoms with Crippen molar-refractivity contribution >= 4 is 11.8 Å². The summed E-state index contributed by atoms with van der Waals surface area (Å²) in [6.45, 7) is 8.72. The fourth-order valence-corrected chi connectivity index (χ4v) is 4.98. The molecular formula is C21H29N5O5. The van der Waals surface area contributed by atoms with E-state index in [0.29, 0.717) is 49.0 Å². The highest BCUT2D eigenvalue weighted by molar-refractivity contribution is 5.94. The summed E-state index contributed by atoms with van der Waals surface area (Å²) in [5.74, 6) is 1.54. The van der Waals surface area contributed by atoms with E-state index in [1.165, 1.54) is 0 Å². The number of aromatic nitrogens is 3. The van der Waals surface area contributed by atoms with Crippen LogP contribution in [-0.2, 0) is 21.6 Å². The Kier molecular flexibility index (Phi) is 5.59. The zero-order chi connectivity index (χ0) is 22.3. The van der Waals surface area contributed by atoms with Crippen molar-refractivity contribution in [2.75, 3.05) is 20.2 Å². The summed E-state index contributed by atoms with van der Waals surface area (Å²) in [5, 5.41) is 11.0.